The fourth-order valence-corrected chi connectivity index (χ4v) is 3.95. The molecular formula is C15H17NO2S. The van der Waals surface area contributed by atoms with Gasteiger partial charge in [0.25, 0.3) is 5.56 Å². The zero-order valence-corrected chi connectivity index (χ0v) is 11.5. The smallest absolute Gasteiger partial charge is 0.265 e. The van der Waals surface area contributed by atoms with Crippen LogP contribution in [0.3, 0.4) is 0 Å². The van der Waals surface area contributed by atoms with Gasteiger partial charge in [0.15, 0.2) is 0 Å². The van der Waals surface area contributed by atoms with E-state index in [4.69, 9.17) is 0 Å². The van der Waals surface area contributed by atoms with Crippen molar-refractivity contribution in [1.29, 1.82) is 0 Å². The minimum atomic E-state index is -0.174. The van der Waals surface area contributed by atoms with Crippen LogP contribution in [-0.4, -0.2) is 15.3 Å². The molecule has 0 saturated heterocycles. The van der Waals surface area contributed by atoms with Crippen LogP contribution in [0.5, 0.6) is 5.75 Å². The monoisotopic (exact) mass is 275 g/mol. The molecule has 0 unspecified atom stereocenters. The molecule has 1 saturated carbocycles. The van der Waals surface area contributed by atoms with Gasteiger partial charge in [-0.2, -0.15) is 0 Å². The van der Waals surface area contributed by atoms with Gasteiger partial charge in [-0.15, -0.1) is 11.8 Å². The molecule has 19 heavy (non-hydrogen) atoms. The van der Waals surface area contributed by atoms with E-state index in [1.54, 1.807) is 0 Å². The highest BCUT2D eigenvalue weighted by molar-refractivity contribution is 8.00. The van der Waals surface area contributed by atoms with Crippen molar-refractivity contribution in [2.75, 3.05) is 0 Å². The lowest BCUT2D eigenvalue weighted by Gasteiger charge is -2.21. The molecule has 0 aliphatic heterocycles. The van der Waals surface area contributed by atoms with E-state index in [9.17, 15) is 9.90 Å². The Morgan fingerprint density at radius 1 is 1.16 bits per heavy atom. The van der Waals surface area contributed by atoms with E-state index < -0.39 is 0 Å². The van der Waals surface area contributed by atoms with E-state index in [0.717, 1.165) is 18.2 Å². The van der Waals surface area contributed by atoms with E-state index >= 15 is 0 Å². The second-order valence-electron chi connectivity index (χ2n) is 5.06. The van der Waals surface area contributed by atoms with E-state index in [-0.39, 0.29) is 11.3 Å². The third-order valence-corrected chi connectivity index (χ3v) is 5.11. The third kappa shape index (κ3) is 2.50. The second-order valence-corrected chi connectivity index (χ2v) is 6.37. The minimum Gasteiger partial charge on any atom is -0.506 e. The van der Waals surface area contributed by atoms with Crippen LogP contribution < -0.4 is 5.56 Å². The fraction of sp³-hybridized carbons (Fsp3) is 0.400. The van der Waals surface area contributed by atoms with Gasteiger partial charge in [0.2, 0.25) is 0 Å². The molecule has 1 aliphatic rings. The van der Waals surface area contributed by atoms with Crippen LogP contribution in [0.25, 0.3) is 10.9 Å². The first-order valence-corrected chi connectivity index (χ1v) is 7.64. The Bertz CT molecular complexity index is 644. The maximum atomic E-state index is 12.1. The standard InChI is InChI=1S/C15H17NO2S/c17-13-11-8-4-5-9-12(11)16-15(18)14(13)19-10-6-2-1-3-7-10/h4-5,8-10H,1-3,6-7H2,(H2,16,17,18). The second kappa shape index (κ2) is 5.29. The normalized spacial score (nSPS) is 16.8. The molecule has 2 aromatic rings. The molecule has 0 atom stereocenters. The molecule has 4 heteroatoms. The zero-order valence-electron chi connectivity index (χ0n) is 10.7. The number of hydrogen-bond donors (Lipinski definition) is 2. The quantitative estimate of drug-likeness (QED) is 0.879. The minimum absolute atomic E-state index is 0.134. The van der Waals surface area contributed by atoms with Crippen LogP contribution >= 0.6 is 11.8 Å². The molecule has 0 radical (unpaired) electrons. The summed E-state index contributed by atoms with van der Waals surface area (Å²) in [6.45, 7) is 0. The van der Waals surface area contributed by atoms with Crippen molar-refractivity contribution in [1.82, 2.24) is 4.98 Å². The molecule has 1 aromatic carbocycles. The number of pyridine rings is 1. The number of hydrogen-bond acceptors (Lipinski definition) is 3. The molecule has 1 heterocycles. The molecule has 100 valence electrons. The molecular weight excluding hydrogens is 258 g/mol. The number of aromatic amines is 1. The summed E-state index contributed by atoms with van der Waals surface area (Å²) >= 11 is 1.54. The Labute approximate surface area is 116 Å². The topological polar surface area (TPSA) is 53.1 Å². The molecule has 1 aliphatic carbocycles. The van der Waals surface area contributed by atoms with Gasteiger partial charge in [-0.3, -0.25) is 4.79 Å². The first-order valence-electron chi connectivity index (χ1n) is 6.76. The van der Waals surface area contributed by atoms with Crippen molar-refractivity contribution >= 4 is 22.7 Å². The maximum absolute atomic E-state index is 12.1. The number of para-hydroxylation sites is 1. The van der Waals surface area contributed by atoms with Crippen molar-refractivity contribution in [3.63, 3.8) is 0 Å². The van der Waals surface area contributed by atoms with Gasteiger partial charge in [0, 0.05) is 10.6 Å². The van der Waals surface area contributed by atoms with E-state index in [2.05, 4.69) is 4.98 Å². The Morgan fingerprint density at radius 3 is 2.68 bits per heavy atom. The highest BCUT2D eigenvalue weighted by atomic mass is 32.2. The average molecular weight is 275 g/mol. The molecule has 0 bridgehead atoms. The van der Waals surface area contributed by atoms with Gasteiger partial charge in [-0.25, -0.2) is 0 Å². The first kappa shape index (κ1) is 12.6. The lowest BCUT2D eigenvalue weighted by molar-refractivity contribution is 0.465. The van der Waals surface area contributed by atoms with Crippen LogP contribution in [-0.2, 0) is 0 Å². The summed E-state index contributed by atoms with van der Waals surface area (Å²) in [7, 11) is 0. The number of fused-ring (bicyclic) bond motifs is 1. The Hall–Kier alpha value is -1.42. The van der Waals surface area contributed by atoms with Crippen LogP contribution in [0.1, 0.15) is 32.1 Å². The van der Waals surface area contributed by atoms with Gasteiger partial charge in [0.05, 0.1) is 5.52 Å². The largest absolute Gasteiger partial charge is 0.506 e. The number of thioether (sulfide) groups is 1. The Kier molecular flexibility index (Phi) is 3.51. The molecule has 1 fully saturated rings. The lowest BCUT2D eigenvalue weighted by Crippen LogP contribution is -2.14. The van der Waals surface area contributed by atoms with Crippen LogP contribution in [0.2, 0.25) is 0 Å². The van der Waals surface area contributed by atoms with E-state index in [0.29, 0.717) is 15.7 Å². The van der Waals surface area contributed by atoms with Crippen LogP contribution in [0, 0.1) is 0 Å². The summed E-state index contributed by atoms with van der Waals surface area (Å²) in [6, 6.07) is 7.37. The van der Waals surface area contributed by atoms with Crippen molar-refractivity contribution in [3.8, 4) is 5.75 Å². The van der Waals surface area contributed by atoms with Crippen molar-refractivity contribution in [2.45, 2.75) is 42.2 Å². The van der Waals surface area contributed by atoms with Crippen LogP contribution in [0.15, 0.2) is 34.0 Å². The Balaban J connectivity index is 2.00. The molecule has 0 spiro atoms. The molecule has 2 N–H and O–H groups in total. The summed E-state index contributed by atoms with van der Waals surface area (Å²) < 4.78 is 0. The van der Waals surface area contributed by atoms with Crippen molar-refractivity contribution in [2.24, 2.45) is 0 Å². The Morgan fingerprint density at radius 2 is 1.89 bits per heavy atom. The summed E-state index contributed by atoms with van der Waals surface area (Å²) in [5, 5.41) is 11.5. The SMILES string of the molecule is O=c1[nH]c2ccccc2c(O)c1SC1CCCCC1. The van der Waals surface area contributed by atoms with Gasteiger partial charge >= 0.3 is 0 Å². The van der Waals surface area contributed by atoms with Gasteiger partial charge in [-0.1, -0.05) is 31.4 Å². The predicted molar refractivity (Wildman–Crippen MR) is 79.0 cm³/mol. The molecule has 0 amide bonds. The molecule has 3 nitrogen and oxygen atoms in total. The number of aromatic hydroxyl groups is 1. The van der Waals surface area contributed by atoms with E-state index in [1.807, 2.05) is 24.3 Å². The molecule has 3 rings (SSSR count). The fourth-order valence-electron chi connectivity index (χ4n) is 2.67. The first-order chi connectivity index (χ1) is 9.25. The lowest BCUT2D eigenvalue weighted by atomic mass is 10.0. The predicted octanol–water partition coefficient (Wildman–Crippen LogP) is 3.66. The summed E-state index contributed by atoms with van der Waals surface area (Å²) in [6.07, 6.45) is 6.01. The van der Waals surface area contributed by atoms with Gasteiger partial charge in [0.1, 0.15) is 10.6 Å². The number of rotatable bonds is 2. The number of aromatic nitrogens is 1. The van der Waals surface area contributed by atoms with Crippen molar-refractivity contribution < 1.29 is 5.11 Å². The number of H-pyrrole nitrogens is 1. The van der Waals surface area contributed by atoms with Crippen LogP contribution in [0.4, 0.5) is 0 Å². The van der Waals surface area contributed by atoms with Crippen molar-refractivity contribution in [3.05, 3.63) is 34.6 Å². The van der Waals surface area contributed by atoms with E-state index in [1.165, 1.54) is 31.0 Å². The van der Waals surface area contributed by atoms with Gasteiger partial charge in [-0.05, 0) is 25.0 Å². The zero-order chi connectivity index (χ0) is 13.2. The third-order valence-electron chi connectivity index (χ3n) is 3.69. The maximum Gasteiger partial charge on any atom is 0.265 e. The number of nitrogens with one attached hydrogen (secondary N) is 1. The number of benzene rings is 1. The summed E-state index contributed by atoms with van der Waals surface area (Å²) in [5.74, 6) is 0.134. The average Bonchev–Trinajstić information content (AvgIpc) is 2.45. The highest BCUT2D eigenvalue weighted by Crippen LogP contribution is 2.38. The summed E-state index contributed by atoms with van der Waals surface area (Å²) in [5.41, 5.74) is 0.518. The summed E-state index contributed by atoms with van der Waals surface area (Å²) in [4.78, 5) is 15.4. The highest BCUT2D eigenvalue weighted by Gasteiger charge is 2.19. The van der Waals surface area contributed by atoms with Gasteiger partial charge < -0.3 is 10.1 Å². The molecule has 1 aromatic heterocycles.